The maximum atomic E-state index is 5.91. The van der Waals surface area contributed by atoms with Crippen LogP contribution in [0.25, 0.3) is 0 Å². The first kappa shape index (κ1) is 10.2. The fourth-order valence-electron chi connectivity index (χ4n) is 0.888. The van der Waals surface area contributed by atoms with Gasteiger partial charge in [0, 0.05) is 5.02 Å². The fraction of sp³-hybridized carbons (Fsp3) is 0.125. The lowest BCUT2D eigenvalue weighted by atomic mass is 10.2. The Bertz CT molecular complexity index is 316. The lowest BCUT2D eigenvalue weighted by Gasteiger charge is -2.16. The molecule has 0 radical (unpaired) electrons. The number of benzene rings is 1. The highest BCUT2D eigenvalue weighted by atomic mass is 35.5. The van der Waals surface area contributed by atoms with Crippen molar-refractivity contribution in [3.63, 3.8) is 0 Å². The molecule has 0 heterocycles. The predicted molar refractivity (Wildman–Crippen MR) is 58.0 cm³/mol. The van der Waals surface area contributed by atoms with Gasteiger partial charge in [0.1, 0.15) is 0 Å². The molecule has 0 unspecified atom stereocenters. The van der Waals surface area contributed by atoms with Crippen LogP contribution in [0.15, 0.2) is 24.3 Å². The molecule has 0 saturated carbocycles. The quantitative estimate of drug-likeness (QED) is 0.443. The number of hydrogen-bond donors (Lipinski definition) is 2. The van der Waals surface area contributed by atoms with E-state index in [1.807, 2.05) is 18.2 Å². The molecule has 70 valence electrons. The average Bonchev–Trinajstić information content (AvgIpc) is 2.08. The Morgan fingerprint density at radius 1 is 1.46 bits per heavy atom. The fourth-order valence-corrected chi connectivity index (χ4v) is 1.15. The third kappa shape index (κ3) is 2.84. The van der Waals surface area contributed by atoms with E-state index < -0.39 is 0 Å². The molecule has 0 amide bonds. The van der Waals surface area contributed by atoms with Gasteiger partial charge in [0.2, 0.25) is 0 Å². The number of nitrogens with two attached hydrogens (primary N) is 2. The lowest BCUT2D eigenvalue weighted by molar-refractivity contribution is 0.437. The number of hydrogen-bond acceptors (Lipinski definition) is 2. The highest BCUT2D eigenvalue weighted by Crippen LogP contribution is 2.15. The van der Waals surface area contributed by atoms with Gasteiger partial charge in [-0.2, -0.15) is 0 Å². The highest BCUT2D eigenvalue weighted by Gasteiger charge is 2.04. The first-order valence-electron chi connectivity index (χ1n) is 3.66. The van der Waals surface area contributed by atoms with Crippen LogP contribution in [-0.4, -0.2) is 10.1 Å². The van der Waals surface area contributed by atoms with Gasteiger partial charge in [-0.1, -0.05) is 29.8 Å². The first-order chi connectivity index (χ1) is 6.11. The van der Waals surface area contributed by atoms with Gasteiger partial charge < -0.3 is 5.73 Å². The van der Waals surface area contributed by atoms with Crippen LogP contribution in [0.3, 0.4) is 0 Å². The van der Waals surface area contributed by atoms with E-state index in [9.17, 15) is 0 Å². The van der Waals surface area contributed by atoms with Crippen LogP contribution in [0.5, 0.6) is 0 Å². The van der Waals surface area contributed by atoms with Gasteiger partial charge in [0.25, 0.3) is 0 Å². The van der Waals surface area contributed by atoms with Crippen LogP contribution in [-0.2, 0) is 6.54 Å². The molecule has 1 aromatic rings. The van der Waals surface area contributed by atoms with Crippen molar-refractivity contribution >= 4 is 28.9 Å². The summed E-state index contributed by atoms with van der Waals surface area (Å²) < 4.78 is 0. The van der Waals surface area contributed by atoms with E-state index in [1.165, 1.54) is 5.01 Å². The number of thiocarbonyl (C=S) groups is 1. The molecule has 0 atom stereocenters. The summed E-state index contributed by atoms with van der Waals surface area (Å²) in [7, 11) is 0. The van der Waals surface area contributed by atoms with Crippen molar-refractivity contribution in [1.29, 1.82) is 0 Å². The Labute approximate surface area is 87.2 Å². The zero-order valence-corrected chi connectivity index (χ0v) is 8.48. The normalized spacial score (nSPS) is 9.69. The molecule has 0 fully saturated rings. The van der Waals surface area contributed by atoms with Crippen molar-refractivity contribution in [2.75, 3.05) is 0 Å². The smallest absolute Gasteiger partial charge is 0.180 e. The van der Waals surface area contributed by atoms with Gasteiger partial charge in [0.05, 0.1) is 6.54 Å². The van der Waals surface area contributed by atoms with Gasteiger partial charge in [-0.15, -0.1) is 0 Å². The largest absolute Gasteiger partial charge is 0.375 e. The maximum Gasteiger partial charge on any atom is 0.180 e. The molecule has 4 N–H and O–H groups in total. The summed E-state index contributed by atoms with van der Waals surface area (Å²) in [5.41, 5.74) is 6.23. The Balaban J connectivity index is 2.74. The molecule has 1 aromatic carbocycles. The standard InChI is InChI=1S/C8H10ClN3S/c9-7-4-2-1-3-6(7)5-12(11)8(10)13/h1-4H,5,11H2,(H2,10,13). The molecular weight excluding hydrogens is 206 g/mol. The molecule has 13 heavy (non-hydrogen) atoms. The average molecular weight is 216 g/mol. The lowest BCUT2D eigenvalue weighted by Crippen LogP contribution is -2.40. The second-order valence-corrected chi connectivity index (χ2v) is 3.38. The van der Waals surface area contributed by atoms with E-state index >= 15 is 0 Å². The van der Waals surface area contributed by atoms with Gasteiger partial charge in [-0.25, -0.2) is 5.84 Å². The molecule has 0 aliphatic rings. The Hall–Kier alpha value is -0.840. The summed E-state index contributed by atoms with van der Waals surface area (Å²) in [4.78, 5) is 0. The summed E-state index contributed by atoms with van der Waals surface area (Å²) in [5, 5.41) is 2.09. The molecule has 0 aliphatic heterocycles. The zero-order chi connectivity index (χ0) is 9.84. The molecule has 0 aliphatic carbocycles. The molecule has 0 spiro atoms. The molecule has 1 rings (SSSR count). The minimum absolute atomic E-state index is 0.153. The molecule has 0 saturated heterocycles. The summed E-state index contributed by atoms with van der Waals surface area (Å²) in [6.45, 7) is 0.426. The number of rotatable bonds is 2. The van der Waals surface area contributed by atoms with Crippen molar-refractivity contribution < 1.29 is 0 Å². The van der Waals surface area contributed by atoms with Crippen molar-refractivity contribution in [1.82, 2.24) is 5.01 Å². The van der Waals surface area contributed by atoms with Gasteiger partial charge in [-0.05, 0) is 23.8 Å². The maximum absolute atomic E-state index is 5.91. The Morgan fingerprint density at radius 2 is 2.08 bits per heavy atom. The molecule has 0 bridgehead atoms. The van der Waals surface area contributed by atoms with Crippen molar-refractivity contribution in [2.45, 2.75) is 6.54 Å². The van der Waals surface area contributed by atoms with Crippen molar-refractivity contribution in [2.24, 2.45) is 11.6 Å². The third-order valence-electron chi connectivity index (χ3n) is 1.58. The zero-order valence-electron chi connectivity index (χ0n) is 6.90. The van der Waals surface area contributed by atoms with E-state index in [0.717, 1.165) is 5.56 Å². The topological polar surface area (TPSA) is 55.3 Å². The summed E-state index contributed by atoms with van der Waals surface area (Å²) in [5.74, 6) is 5.53. The summed E-state index contributed by atoms with van der Waals surface area (Å²) in [6.07, 6.45) is 0. The van der Waals surface area contributed by atoms with Crippen LogP contribution in [0, 0.1) is 0 Å². The van der Waals surface area contributed by atoms with Crippen LogP contribution in [0.4, 0.5) is 0 Å². The Kier molecular flexibility index (Phi) is 3.48. The van der Waals surface area contributed by atoms with E-state index in [1.54, 1.807) is 6.07 Å². The number of nitrogens with zero attached hydrogens (tertiary/aromatic N) is 1. The summed E-state index contributed by atoms with van der Waals surface area (Å²) >= 11 is 10.6. The molecule has 0 aromatic heterocycles. The summed E-state index contributed by atoms with van der Waals surface area (Å²) in [6, 6.07) is 7.41. The van der Waals surface area contributed by atoms with E-state index in [0.29, 0.717) is 11.6 Å². The second kappa shape index (κ2) is 4.41. The molecular formula is C8H10ClN3S. The number of halogens is 1. The van der Waals surface area contributed by atoms with E-state index in [-0.39, 0.29) is 5.11 Å². The minimum atomic E-state index is 0.153. The highest BCUT2D eigenvalue weighted by molar-refractivity contribution is 7.80. The van der Waals surface area contributed by atoms with Gasteiger partial charge in [0.15, 0.2) is 5.11 Å². The monoisotopic (exact) mass is 215 g/mol. The Morgan fingerprint density at radius 3 is 2.62 bits per heavy atom. The van der Waals surface area contributed by atoms with E-state index in [2.05, 4.69) is 0 Å². The SMILES string of the molecule is NC(=S)N(N)Cc1ccccc1Cl. The second-order valence-electron chi connectivity index (χ2n) is 2.56. The van der Waals surface area contributed by atoms with Crippen LogP contribution >= 0.6 is 23.8 Å². The predicted octanol–water partition coefficient (Wildman–Crippen LogP) is 1.26. The first-order valence-corrected chi connectivity index (χ1v) is 4.45. The van der Waals surface area contributed by atoms with E-state index in [4.69, 9.17) is 35.4 Å². The van der Waals surface area contributed by atoms with Gasteiger partial charge >= 0.3 is 0 Å². The van der Waals surface area contributed by atoms with Crippen molar-refractivity contribution in [3.8, 4) is 0 Å². The molecule has 5 heteroatoms. The van der Waals surface area contributed by atoms with Gasteiger partial charge in [-0.3, -0.25) is 5.01 Å². The number of hydrazine groups is 1. The third-order valence-corrected chi connectivity index (χ3v) is 2.18. The van der Waals surface area contributed by atoms with Crippen LogP contribution in [0.1, 0.15) is 5.56 Å². The van der Waals surface area contributed by atoms with Crippen LogP contribution < -0.4 is 11.6 Å². The molecule has 3 nitrogen and oxygen atoms in total. The van der Waals surface area contributed by atoms with Crippen molar-refractivity contribution in [3.05, 3.63) is 34.9 Å². The van der Waals surface area contributed by atoms with Crippen LogP contribution in [0.2, 0.25) is 5.02 Å². The minimum Gasteiger partial charge on any atom is -0.375 e.